The van der Waals surface area contributed by atoms with Crippen LogP contribution in [-0.2, 0) is 19.1 Å². The van der Waals surface area contributed by atoms with Crippen molar-refractivity contribution in [2.75, 3.05) is 17.2 Å². The third-order valence-electron chi connectivity index (χ3n) is 3.46. The molecule has 0 fully saturated rings. The van der Waals surface area contributed by atoms with Crippen molar-refractivity contribution in [1.82, 2.24) is 0 Å². The monoisotopic (exact) mass is 408 g/mol. The fourth-order valence-electron chi connectivity index (χ4n) is 2.07. The molecule has 0 heterocycles. The number of anilines is 2. The van der Waals surface area contributed by atoms with Crippen LogP contribution < -0.4 is 10.6 Å². The van der Waals surface area contributed by atoms with Gasteiger partial charge in [0.2, 0.25) is 5.91 Å². The van der Waals surface area contributed by atoms with Gasteiger partial charge in [-0.15, -0.1) is 0 Å². The Morgan fingerprint density at radius 2 is 1.63 bits per heavy atom. The summed E-state index contributed by atoms with van der Waals surface area (Å²) in [7, 11) is 0. The first-order valence-electron chi connectivity index (χ1n) is 8.10. The van der Waals surface area contributed by atoms with Crippen molar-refractivity contribution >= 4 is 52.4 Å². The molecule has 27 heavy (non-hydrogen) atoms. The zero-order valence-corrected chi connectivity index (χ0v) is 16.1. The van der Waals surface area contributed by atoms with Crippen LogP contribution in [0.3, 0.4) is 0 Å². The Balaban J connectivity index is 1.70. The molecule has 0 saturated heterocycles. The van der Waals surface area contributed by atoms with Gasteiger partial charge in [-0.05, 0) is 37.3 Å². The van der Waals surface area contributed by atoms with Gasteiger partial charge in [-0.2, -0.15) is 0 Å². The van der Waals surface area contributed by atoms with Gasteiger partial charge < -0.3 is 15.4 Å². The van der Waals surface area contributed by atoms with E-state index in [-0.39, 0.29) is 12.8 Å². The van der Waals surface area contributed by atoms with Gasteiger partial charge in [-0.3, -0.25) is 14.4 Å². The van der Waals surface area contributed by atoms with E-state index in [0.717, 1.165) is 5.56 Å². The lowest BCUT2D eigenvalue weighted by molar-refractivity contribution is -0.147. The van der Waals surface area contributed by atoms with E-state index in [0.29, 0.717) is 21.4 Å². The van der Waals surface area contributed by atoms with Crippen LogP contribution in [0, 0.1) is 6.92 Å². The summed E-state index contributed by atoms with van der Waals surface area (Å²) in [5.74, 6) is -1.52. The average Bonchev–Trinajstić information content (AvgIpc) is 2.63. The van der Waals surface area contributed by atoms with E-state index in [1.807, 2.05) is 19.1 Å². The molecule has 0 aliphatic carbocycles. The number of nitrogens with one attached hydrogen (secondary N) is 2. The van der Waals surface area contributed by atoms with Crippen molar-refractivity contribution in [2.45, 2.75) is 19.8 Å². The second-order valence-corrected chi connectivity index (χ2v) is 6.59. The number of rotatable bonds is 7. The summed E-state index contributed by atoms with van der Waals surface area (Å²) in [4.78, 5) is 35.3. The molecule has 8 heteroatoms. The normalized spacial score (nSPS) is 10.2. The number of hydrogen-bond acceptors (Lipinski definition) is 4. The number of carbonyl (C=O) groups excluding carboxylic acids is 3. The lowest BCUT2D eigenvalue weighted by atomic mass is 10.2. The van der Waals surface area contributed by atoms with Crippen molar-refractivity contribution in [3.8, 4) is 0 Å². The Morgan fingerprint density at radius 1 is 0.926 bits per heavy atom. The molecule has 0 radical (unpaired) electrons. The largest absolute Gasteiger partial charge is 0.456 e. The van der Waals surface area contributed by atoms with Crippen LogP contribution in [0.15, 0.2) is 42.5 Å². The van der Waals surface area contributed by atoms with Gasteiger partial charge in [0.15, 0.2) is 6.61 Å². The minimum Gasteiger partial charge on any atom is -0.456 e. The zero-order valence-electron chi connectivity index (χ0n) is 14.6. The lowest BCUT2D eigenvalue weighted by Gasteiger charge is -2.08. The maximum absolute atomic E-state index is 11.9. The zero-order chi connectivity index (χ0) is 19.8. The van der Waals surface area contributed by atoms with Crippen LogP contribution >= 0.6 is 23.2 Å². The molecular formula is C19H18Cl2N2O4. The minimum atomic E-state index is -0.651. The van der Waals surface area contributed by atoms with Crippen LogP contribution in [0.25, 0.3) is 0 Å². The first-order chi connectivity index (χ1) is 12.8. The second kappa shape index (κ2) is 9.94. The number of aryl methyl sites for hydroxylation is 1. The molecule has 0 atom stereocenters. The van der Waals surface area contributed by atoms with Crippen LogP contribution in [0.4, 0.5) is 11.4 Å². The first-order valence-corrected chi connectivity index (χ1v) is 8.86. The molecule has 2 rings (SSSR count). The summed E-state index contributed by atoms with van der Waals surface area (Å²) in [6.07, 6.45) is -0.275. The summed E-state index contributed by atoms with van der Waals surface area (Å²) < 4.78 is 4.87. The van der Waals surface area contributed by atoms with E-state index in [1.54, 1.807) is 24.3 Å². The number of hydrogen-bond donors (Lipinski definition) is 2. The molecule has 0 aliphatic heterocycles. The number of benzene rings is 2. The van der Waals surface area contributed by atoms with Gasteiger partial charge in [0.25, 0.3) is 5.91 Å². The lowest BCUT2D eigenvalue weighted by Crippen LogP contribution is -2.21. The van der Waals surface area contributed by atoms with E-state index < -0.39 is 24.4 Å². The molecule has 0 aromatic heterocycles. The van der Waals surface area contributed by atoms with Crippen molar-refractivity contribution in [3.05, 3.63) is 58.1 Å². The Bertz CT molecular complexity index is 838. The highest BCUT2D eigenvalue weighted by Crippen LogP contribution is 2.25. The molecule has 2 N–H and O–H groups in total. The quantitative estimate of drug-likeness (QED) is 0.672. The molecule has 142 valence electrons. The summed E-state index contributed by atoms with van der Waals surface area (Å²) in [6.45, 7) is 1.51. The second-order valence-electron chi connectivity index (χ2n) is 5.75. The van der Waals surface area contributed by atoms with E-state index in [9.17, 15) is 14.4 Å². The topological polar surface area (TPSA) is 84.5 Å². The fraction of sp³-hybridized carbons (Fsp3) is 0.211. The van der Waals surface area contributed by atoms with E-state index in [2.05, 4.69) is 10.6 Å². The van der Waals surface area contributed by atoms with Crippen molar-refractivity contribution in [3.63, 3.8) is 0 Å². The maximum Gasteiger partial charge on any atom is 0.306 e. The Labute approximate surface area is 166 Å². The molecule has 0 saturated carbocycles. The molecule has 0 spiro atoms. The molecule has 2 aromatic rings. The number of halogens is 2. The smallest absolute Gasteiger partial charge is 0.306 e. The number of carbonyl (C=O) groups is 3. The highest BCUT2D eigenvalue weighted by Gasteiger charge is 2.12. The predicted octanol–water partition coefficient (Wildman–Crippen LogP) is 4.20. The third kappa shape index (κ3) is 7.29. The van der Waals surface area contributed by atoms with E-state index in [4.69, 9.17) is 27.9 Å². The molecule has 0 aliphatic rings. The Hall–Kier alpha value is -2.57. The Morgan fingerprint density at radius 3 is 2.33 bits per heavy atom. The van der Waals surface area contributed by atoms with Gasteiger partial charge in [0.05, 0.1) is 17.1 Å². The summed E-state index contributed by atoms with van der Waals surface area (Å²) in [6, 6.07) is 11.9. The van der Waals surface area contributed by atoms with Crippen LogP contribution in [-0.4, -0.2) is 24.4 Å². The number of ether oxygens (including phenoxy) is 1. The van der Waals surface area contributed by atoms with Crippen molar-refractivity contribution in [1.29, 1.82) is 0 Å². The van der Waals surface area contributed by atoms with Gasteiger partial charge in [-0.25, -0.2) is 0 Å². The molecular weight excluding hydrogens is 391 g/mol. The third-order valence-corrected chi connectivity index (χ3v) is 4.02. The molecule has 2 aromatic carbocycles. The summed E-state index contributed by atoms with van der Waals surface area (Å²) in [5, 5.41) is 5.94. The molecule has 0 bridgehead atoms. The van der Waals surface area contributed by atoms with Crippen molar-refractivity contribution in [2.24, 2.45) is 0 Å². The average molecular weight is 409 g/mol. The fourth-order valence-corrected chi connectivity index (χ4v) is 2.41. The maximum atomic E-state index is 11.9. The van der Waals surface area contributed by atoms with Gasteiger partial charge in [0.1, 0.15) is 0 Å². The summed E-state index contributed by atoms with van der Waals surface area (Å²) in [5.41, 5.74) is 2.04. The van der Waals surface area contributed by atoms with E-state index in [1.165, 1.54) is 6.07 Å². The summed E-state index contributed by atoms with van der Waals surface area (Å²) >= 11 is 11.8. The van der Waals surface area contributed by atoms with Gasteiger partial charge >= 0.3 is 5.97 Å². The number of amides is 2. The number of esters is 1. The molecule has 0 unspecified atom stereocenters. The predicted molar refractivity (Wildman–Crippen MR) is 105 cm³/mol. The van der Waals surface area contributed by atoms with Crippen LogP contribution in [0.5, 0.6) is 0 Å². The molecule has 6 nitrogen and oxygen atoms in total. The van der Waals surface area contributed by atoms with Gasteiger partial charge in [0, 0.05) is 17.1 Å². The minimum absolute atomic E-state index is 0.110. The molecule has 2 amide bonds. The SMILES string of the molecule is Cc1ccc(NC(=O)COC(=O)CCC(=O)Nc2cc(Cl)ccc2Cl)cc1. The highest BCUT2D eigenvalue weighted by molar-refractivity contribution is 6.35. The van der Waals surface area contributed by atoms with E-state index >= 15 is 0 Å². The van der Waals surface area contributed by atoms with Gasteiger partial charge in [-0.1, -0.05) is 40.9 Å². The van der Waals surface area contributed by atoms with Crippen molar-refractivity contribution < 1.29 is 19.1 Å². The van der Waals surface area contributed by atoms with Crippen LogP contribution in [0.1, 0.15) is 18.4 Å². The Kier molecular flexibility index (Phi) is 7.64. The first kappa shape index (κ1) is 20.7. The van der Waals surface area contributed by atoms with Crippen LogP contribution in [0.2, 0.25) is 10.0 Å². The standard InChI is InChI=1S/C19H18Cl2N2O4/c1-12-2-5-14(6-3-12)22-18(25)11-27-19(26)9-8-17(24)23-16-10-13(20)4-7-15(16)21/h2-7,10H,8-9,11H2,1H3,(H,22,25)(H,23,24). The highest BCUT2D eigenvalue weighted by atomic mass is 35.5.